The van der Waals surface area contributed by atoms with Crippen LogP contribution in [-0.2, 0) is 4.79 Å². The lowest BCUT2D eigenvalue weighted by Gasteiger charge is -2.37. The summed E-state index contributed by atoms with van der Waals surface area (Å²) in [6.07, 6.45) is 15.4. The van der Waals surface area contributed by atoms with Gasteiger partial charge in [0.1, 0.15) is 0 Å². The first kappa shape index (κ1) is 15.4. The van der Waals surface area contributed by atoms with Crippen LogP contribution in [0.2, 0.25) is 0 Å². The number of carbonyl (C=O) groups excluding carboxylic acids is 1. The summed E-state index contributed by atoms with van der Waals surface area (Å²) in [4.78, 5) is 17.2. The SMILES string of the molecule is CC1=CC=CC=C(N2CCC(C(=O)N3CCCCC3)CC2)C1. The number of amides is 1. The lowest BCUT2D eigenvalue weighted by Crippen LogP contribution is -2.44. The normalized spacial score (nSPS) is 23.9. The van der Waals surface area contributed by atoms with Crippen LogP contribution in [-0.4, -0.2) is 41.9 Å². The van der Waals surface area contributed by atoms with E-state index in [9.17, 15) is 4.79 Å². The van der Waals surface area contributed by atoms with Crippen molar-refractivity contribution in [2.24, 2.45) is 5.92 Å². The van der Waals surface area contributed by atoms with Crippen molar-refractivity contribution >= 4 is 5.91 Å². The molecule has 2 aliphatic heterocycles. The first-order chi connectivity index (χ1) is 10.7. The van der Waals surface area contributed by atoms with Gasteiger partial charge in [-0.05, 0) is 45.1 Å². The largest absolute Gasteiger partial charge is 0.375 e. The highest BCUT2D eigenvalue weighted by molar-refractivity contribution is 5.79. The molecule has 0 spiro atoms. The van der Waals surface area contributed by atoms with Gasteiger partial charge in [-0.2, -0.15) is 0 Å². The second kappa shape index (κ2) is 7.17. The Labute approximate surface area is 134 Å². The molecule has 2 heterocycles. The standard InChI is InChI=1S/C19H28N2O/c1-16-7-3-4-8-18(15-16)20-13-9-17(10-14-20)19(22)21-11-5-2-6-12-21/h3-4,7-8,17H,2,5-6,9-15H2,1H3. The molecular formula is C19H28N2O. The van der Waals surface area contributed by atoms with Crippen LogP contribution in [0, 0.1) is 5.92 Å². The highest BCUT2D eigenvalue weighted by atomic mass is 16.2. The van der Waals surface area contributed by atoms with Crippen LogP contribution >= 0.6 is 0 Å². The molecule has 22 heavy (non-hydrogen) atoms. The number of hydrogen-bond acceptors (Lipinski definition) is 2. The van der Waals surface area contributed by atoms with Crippen LogP contribution in [0.3, 0.4) is 0 Å². The van der Waals surface area contributed by atoms with E-state index >= 15 is 0 Å². The fraction of sp³-hybridized carbons (Fsp3) is 0.632. The van der Waals surface area contributed by atoms with E-state index < -0.39 is 0 Å². The average Bonchev–Trinajstić information content (AvgIpc) is 2.80. The smallest absolute Gasteiger partial charge is 0.225 e. The number of carbonyl (C=O) groups is 1. The van der Waals surface area contributed by atoms with E-state index in [-0.39, 0.29) is 5.92 Å². The highest BCUT2D eigenvalue weighted by Gasteiger charge is 2.29. The van der Waals surface area contributed by atoms with Gasteiger partial charge in [0.25, 0.3) is 0 Å². The molecule has 3 nitrogen and oxygen atoms in total. The summed E-state index contributed by atoms with van der Waals surface area (Å²) < 4.78 is 0. The topological polar surface area (TPSA) is 23.6 Å². The Morgan fingerprint density at radius 1 is 1.00 bits per heavy atom. The van der Waals surface area contributed by atoms with E-state index in [1.165, 1.54) is 30.5 Å². The molecule has 0 atom stereocenters. The second-order valence-corrected chi connectivity index (χ2v) is 6.88. The van der Waals surface area contributed by atoms with E-state index in [2.05, 4.69) is 41.0 Å². The maximum absolute atomic E-state index is 12.6. The summed E-state index contributed by atoms with van der Waals surface area (Å²) in [6, 6.07) is 0. The summed E-state index contributed by atoms with van der Waals surface area (Å²) in [5.74, 6) is 0.679. The highest BCUT2D eigenvalue weighted by Crippen LogP contribution is 2.27. The van der Waals surface area contributed by atoms with E-state index in [1.54, 1.807) is 0 Å². The van der Waals surface area contributed by atoms with Gasteiger partial charge in [-0.1, -0.05) is 23.8 Å². The third-order valence-electron chi connectivity index (χ3n) is 5.16. The second-order valence-electron chi connectivity index (χ2n) is 6.88. The first-order valence-corrected chi connectivity index (χ1v) is 8.81. The average molecular weight is 300 g/mol. The van der Waals surface area contributed by atoms with Crippen molar-refractivity contribution in [1.29, 1.82) is 0 Å². The molecular weight excluding hydrogens is 272 g/mol. The molecule has 0 saturated carbocycles. The van der Waals surface area contributed by atoms with Crippen molar-refractivity contribution in [3.63, 3.8) is 0 Å². The number of rotatable bonds is 2. The van der Waals surface area contributed by atoms with Gasteiger partial charge in [-0.25, -0.2) is 0 Å². The fourth-order valence-electron chi connectivity index (χ4n) is 3.79. The number of likely N-dealkylation sites (tertiary alicyclic amines) is 2. The van der Waals surface area contributed by atoms with Crippen LogP contribution in [0.1, 0.15) is 45.4 Å². The molecule has 0 aromatic heterocycles. The third-order valence-corrected chi connectivity index (χ3v) is 5.16. The van der Waals surface area contributed by atoms with Gasteiger partial charge in [0, 0.05) is 44.2 Å². The Kier molecular flexibility index (Phi) is 5.01. The van der Waals surface area contributed by atoms with Crippen molar-refractivity contribution in [2.75, 3.05) is 26.2 Å². The van der Waals surface area contributed by atoms with Crippen molar-refractivity contribution in [3.8, 4) is 0 Å². The molecule has 2 saturated heterocycles. The Morgan fingerprint density at radius 3 is 2.41 bits per heavy atom. The van der Waals surface area contributed by atoms with Gasteiger partial charge in [-0.3, -0.25) is 4.79 Å². The summed E-state index contributed by atoms with van der Waals surface area (Å²) in [5, 5.41) is 0. The van der Waals surface area contributed by atoms with Crippen molar-refractivity contribution in [2.45, 2.75) is 45.4 Å². The molecule has 2 fully saturated rings. The van der Waals surface area contributed by atoms with Gasteiger partial charge in [0.15, 0.2) is 0 Å². The predicted molar refractivity (Wildman–Crippen MR) is 90.3 cm³/mol. The summed E-state index contributed by atoms with van der Waals surface area (Å²) in [5.41, 5.74) is 2.82. The van der Waals surface area contributed by atoms with Gasteiger partial charge in [0.05, 0.1) is 0 Å². The number of hydrogen-bond donors (Lipinski definition) is 0. The lowest BCUT2D eigenvalue weighted by molar-refractivity contribution is -0.137. The fourth-order valence-corrected chi connectivity index (χ4v) is 3.79. The van der Waals surface area contributed by atoms with E-state index in [1.807, 2.05) is 0 Å². The van der Waals surface area contributed by atoms with Gasteiger partial charge in [-0.15, -0.1) is 0 Å². The molecule has 120 valence electrons. The zero-order chi connectivity index (χ0) is 15.4. The van der Waals surface area contributed by atoms with E-state index in [0.717, 1.165) is 45.4 Å². The summed E-state index contributed by atoms with van der Waals surface area (Å²) in [6.45, 7) is 6.21. The number of piperidine rings is 2. The van der Waals surface area contributed by atoms with Crippen molar-refractivity contribution in [3.05, 3.63) is 35.6 Å². The Hall–Kier alpha value is -1.51. The van der Waals surface area contributed by atoms with Crippen LogP contribution in [0.15, 0.2) is 35.6 Å². The van der Waals surface area contributed by atoms with Crippen LogP contribution < -0.4 is 0 Å². The summed E-state index contributed by atoms with van der Waals surface area (Å²) in [7, 11) is 0. The molecule has 3 aliphatic rings. The minimum atomic E-state index is 0.257. The Morgan fingerprint density at radius 2 is 1.68 bits per heavy atom. The van der Waals surface area contributed by atoms with Crippen LogP contribution in [0.5, 0.6) is 0 Å². The van der Waals surface area contributed by atoms with Gasteiger partial charge >= 0.3 is 0 Å². The minimum absolute atomic E-state index is 0.257. The maximum Gasteiger partial charge on any atom is 0.225 e. The van der Waals surface area contributed by atoms with Gasteiger partial charge in [0.2, 0.25) is 5.91 Å². The quantitative estimate of drug-likeness (QED) is 0.779. The Balaban J connectivity index is 1.54. The molecule has 3 rings (SSSR count). The van der Waals surface area contributed by atoms with Crippen molar-refractivity contribution in [1.82, 2.24) is 9.80 Å². The minimum Gasteiger partial charge on any atom is -0.375 e. The number of nitrogens with zero attached hydrogens (tertiary/aromatic N) is 2. The van der Waals surface area contributed by atoms with Crippen molar-refractivity contribution < 1.29 is 4.79 Å². The monoisotopic (exact) mass is 300 g/mol. The predicted octanol–water partition coefficient (Wildman–Crippen LogP) is 3.50. The molecule has 0 aromatic rings. The molecule has 0 aromatic carbocycles. The zero-order valence-corrected chi connectivity index (χ0v) is 13.8. The van der Waals surface area contributed by atoms with Crippen LogP contribution in [0.25, 0.3) is 0 Å². The molecule has 0 N–H and O–H groups in total. The van der Waals surface area contributed by atoms with E-state index in [0.29, 0.717) is 5.91 Å². The molecule has 1 amide bonds. The van der Waals surface area contributed by atoms with Gasteiger partial charge < -0.3 is 9.80 Å². The zero-order valence-electron chi connectivity index (χ0n) is 13.8. The summed E-state index contributed by atoms with van der Waals surface area (Å²) >= 11 is 0. The maximum atomic E-state index is 12.6. The number of allylic oxidation sites excluding steroid dienone is 5. The Bertz CT molecular complexity index is 490. The molecule has 1 aliphatic carbocycles. The molecule has 3 heteroatoms. The van der Waals surface area contributed by atoms with Crippen LogP contribution in [0.4, 0.5) is 0 Å². The lowest BCUT2D eigenvalue weighted by atomic mass is 9.93. The first-order valence-electron chi connectivity index (χ1n) is 8.81. The third kappa shape index (κ3) is 3.63. The molecule has 0 unspecified atom stereocenters. The molecule has 0 radical (unpaired) electrons. The molecule has 0 bridgehead atoms. The van der Waals surface area contributed by atoms with E-state index in [4.69, 9.17) is 0 Å².